The third kappa shape index (κ3) is 3.79. The Bertz CT molecular complexity index is 894. The van der Waals surface area contributed by atoms with E-state index >= 15 is 0 Å². The zero-order chi connectivity index (χ0) is 18.0. The average Bonchev–Trinajstić information content (AvgIpc) is 2.93. The van der Waals surface area contributed by atoms with E-state index in [1.54, 1.807) is 0 Å². The van der Waals surface area contributed by atoms with Crippen molar-refractivity contribution in [3.8, 4) is 0 Å². The predicted molar refractivity (Wildman–Crippen MR) is 105 cm³/mol. The summed E-state index contributed by atoms with van der Waals surface area (Å²) in [6, 6.07) is 16.5. The van der Waals surface area contributed by atoms with Crippen molar-refractivity contribution in [1.29, 1.82) is 0 Å². The number of hydrogen-bond acceptors (Lipinski definition) is 2. The van der Waals surface area contributed by atoms with Crippen molar-refractivity contribution in [3.63, 3.8) is 0 Å². The summed E-state index contributed by atoms with van der Waals surface area (Å²) in [5.74, 6) is 0.225. The molecule has 2 aromatic carbocycles. The van der Waals surface area contributed by atoms with Gasteiger partial charge in [-0.05, 0) is 48.2 Å². The number of hydrogen-bond donors (Lipinski definition) is 0. The minimum atomic E-state index is -0.284. The number of benzene rings is 2. The lowest BCUT2D eigenvalue weighted by atomic mass is 10.0. The van der Waals surface area contributed by atoms with E-state index in [1.807, 2.05) is 35.8 Å². The number of ether oxygens (including phenoxy) is 1. The molecule has 3 nitrogen and oxygen atoms in total. The molecule has 0 atom stereocenters. The molecular formula is C21H22BrNO2. The number of aromatic nitrogens is 1. The van der Waals surface area contributed by atoms with E-state index in [0.717, 1.165) is 20.9 Å². The van der Waals surface area contributed by atoms with Gasteiger partial charge in [0.15, 0.2) is 0 Å². The summed E-state index contributed by atoms with van der Waals surface area (Å²) in [5, 5.41) is 1.02. The van der Waals surface area contributed by atoms with Crippen molar-refractivity contribution in [2.24, 2.45) is 0 Å². The second-order valence-corrected chi connectivity index (χ2v) is 7.35. The molecule has 0 amide bonds. The van der Waals surface area contributed by atoms with Gasteiger partial charge in [0.2, 0.25) is 0 Å². The van der Waals surface area contributed by atoms with E-state index in [1.165, 1.54) is 5.56 Å². The fourth-order valence-corrected chi connectivity index (χ4v) is 3.36. The summed E-state index contributed by atoms with van der Waals surface area (Å²) in [5.41, 5.74) is 4.09. The summed E-state index contributed by atoms with van der Waals surface area (Å²) in [7, 11) is 0. The predicted octanol–water partition coefficient (Wildman–Crippen LogP) is 5.75. The molecule has 0 saturated carbocycles. The molecule has 0 unspecified atom stereocenters. The lowest BCUT2D eigenvalue weighted by Crippen LogP contribution is -2.12. The molecule has 0 bridgehead atoms. The Morgan fingerprint density at radius 1 is 1.12 bits per heavy atom. The van der Waals surface area contributed by atoms with E-state index in [-0.39, 0.29) is 5.97 Å². The Hall–Kier alpha value is -2.07. The maximum Gasteiger partial charge on any atom is 0.354 e. The fraction of sp³-hybridized carbons (Fsp3) is 0.286. The van der Waals surface area contributed by atoms with Crippen molar-refractivity contribution >= 4 is 32.8 Å². The van der Waals surface area contributed by atoms with Gasteiger partial charge in [0, 0.05) is 21.9 Å². The monoisotopic (exact) mass is 399 g/mol. The van der Waals surface area contributed by atoms with Gasteiger partial charge in [0.1, 0.15) is 5.69 Å². The SMILES string of the molecule is CCOC(=O)c1cc2cc(Br)ccc2n1Cc1ccc(C(C)C)cc1. The number of carbonyl (C=O) groups is 1. The van der Waals surface area contributed by atoms with Crippen LogP contribution in [0.15, 0.2) is 53.0 Å². The quantitative estimate of drug-likeness (QED) is 0.511. The van der Waals surface area contributed by atoms with Crippen LogP contribution in [0.3, 0.4) is 0 Å². The molecule has 25 heavy (non-hydrogen) atoms. The van der Waals surface area contributed by atoms with Crippen molar-refractivity contribution in [2.45, 2.75) is 33.2 Å². The third-order valence-electron chi connectivity index (χ3n) is 4.34. The smallest absolute Gasteiger partial charge is 0.354 e. The van der Waals surface area contributed by atoms with Gasteiger partial charge in [-0.3, -0.25) is 0 Å². The minimum Gasteiger partial charge on any atom is -0.461 e. The molecule has 1 heterocycles. The first-order valence-corrected chi connectivity index (χ1v) is 9.33. The molecule has 3 rings (SSSR count). The van der Waals surface area contributed by atoms with Gasteiger partial charge >= 0.3 is 5.97 Å². The number of halogens is 1. The highest BCUT2D eigenvalue weighted by Gasteiger charge is 2.17. The molecule has 130 valence electrons. The summed E-state index contributed by atoms with van der Waals surface area (Å²) in [4.78, 5) is 12.4. The van der Waals surface area contributed by atoms with Gasteiger partial charge in [-0.1, -0.05) is 54.0 Å². The van der Waals surface area contributed by atoms with Gasteiger partial charge in [0.25, 0.3) is 0 Å². The number of esters is 1. The van der Waals surface area contributed by atoms with Crippen molar-refractivity contribution in [3.05, 3.63) is 69.8 Å². The van der Waals surface area contributed by atoms with Crippen LogP contribution in [0.25, 0.3) is 10.9 Å². The molecule has 4 heteroatoms. The molecule has 0 aliphatic carbocycles. The number of rotatable bonds is 5. The average molecular weight is 400 g/mol. The summed E-state index contributed by atoms with van der Waals surface area (Å²) in [6.45, 7) is 7.20. The molecule has 1 aromatic heterocycles. The number of fused-ring (bicyclic) bond motifs is 1. The van der Waals surface area contributed by atoms with E-state index < -0.39 is 0 Å². The maximum atomic E-state index is 12.4. The van der Waals surface area contributed by atoms with Gasteiger partial charge in [0.05, 0.1) is 6.61 Å². The Labute approximate surface area is 156 Å². The lowest BCUT2D eigenvalue weighted by Gasteiger charge is -2.12. The molecule has 0 saturated heterocycles. The highest BCUT2D eigenvalue weighted by molar-refractivity contribution is 9.10. The Balaban J connectivity index is 2.03. The molecule has 0 N–H and O–H groups in total. The summed E-state index contributed by atoms with van der Waals surface area (Å²) >= 11 is 3.50. The Kier molecular flexibility index (Phi) is 5.28. The zero-order valence-corrected chi connectivity index (χ0v) is 16.3. The first-order chi connectivity index (χ1) is 12.0. The standard InChI is InChI=1S/C21H22BrNO2/c1-4-25-21(24)20-12-17-11-18(22)9-10-19(17)23(20)13-15-5-7-16(8-6-15)14(2)3/h5-12,14H,4,13H2,1-3H3. The minimum absolute atomic E-state index is 0.284. The van der Waals surface area contributed by atoms with Crippen LogP contribution in [0.1, 0.15) is 48.3 Å². The van der Waals surface area contributed by atoms with Crippen molar-refractivity contribution < 1.29 is 9.53 Å². The summed E-state index contributed by atoms with van der Waals surface area (Å²) in [6.07, 6.45) is 0. The first kappa shape index (κ1) is 17.7. The van der Waals surface area contributed by atoms with Gasteiger partial charge in [-0.15, -0.1) is 0 Å². The van der Waals surface area contributed by atoms with E-state index in [2.05, 4.69) is 54.0 Å². The normalized spacial score (nSPS) is 11.2. The maximum absolute atomic E-state index is 12.4. The Morgan fingerprint density at radius 3 is 2.48 bits per heavy atom. The van der Waals surface area contributed by atoms with Crippen LogP contribution in [0.5, 0.6) is 0 Å². The highest BCUT2D eigenvalue weighted by atomic mass is 79.9. The van der Waals surface area contributed by atoms with Crippen molar-refractivity contribution in [1.82, 2.24) is 4.57 Å². The van der Waals surface area contributed by atoms with Crippen LogP contribution >= 0.6 is 15.9 Å². The van der Waals surface area contributed by atoms with Crippen LogP contribution < -0.4 is 0 Å². The molecular weight excluding hydrogens is 378 g/mol. The van der Waals surface area contributed by atoms with Crippen LogP contribution in [0.2, 0.25) is 0 Å². The van der Waals surface area contributed by atoms with Crippen LogP contribution in [-0.4, -0.2) is 17.1 Å². The summed E-state index contributed by atoms with van der Waals surface area (Å²) < 4.78 is 8.27. The van der Waals surface area contributed by atoms with E-state index in [9.17, 15) is 4.79 Å². The lowest BCUT2D eigenvalue weighted by molar-refractivity contribution is 0.0515. The fourth-order valence-electron chi connectivity index (χ4n) is 2.98. The number of nitrogens with zero attached hydrogens (tertiary/aromatic N) is 1. The molecule has 0 radical (unpaired) electrons. The Morgan fingerprint density at radius 2 is 1.84 bits per heavy atom. The van der Waals surface area contributed by atoms with E-state index in [0.29, 0.717) is 24.8 Å². The zero-order valence-electron chi connectivity index (χ0n) is 14.8. The second-order valence-electron chi connectivity index (χ2n) is 6.44. The van der Waals surface area contributed by atoms with E-state index in [4.69, 9.17) is 4.74 Å². The van der Waals surface area contributed by atoms with Gasteiger partial charge in [-0.25, -0.2) is 4.79 Å². The molecule has 0 fully saturated rings. The van der Waals surface area contributed by atoms with Gasteiger partial charge in [-0.2, -0.15) is 0 Å². The molecule has 0 aliphatic heterocycles. The van der Waals surface area contributed by atoms with Crippen LogP contribution in [0.4, 0.5) is 0 Å². The van der Waals surface area contributed by atoms with Crippen molar-refractivity contribution in [2.75, 3.05) is 6.61 Å². The third-order valence-corrected chi connectivity index (χ3v) is 4.83. The number of carbonyl (C=O) groups excluding carboxylic acids is 1. The topological polar surface area (TPSA) is 31.2 Å². The molecule has 3 aromatic rings. The largest absolute Gasteiger partial charge is 0.461 e. The second kappa shape index (κ2) is 7.44. The first-order valence-electron chi connectivity index (χ1n) is 8.54. The van der Waals surface area contributed by atoms with Crippen LogP contribution in [-0.2, 0) is 11.3 Å². The molecule has 0 aliphatic rings. The molecule has 0 spiro atoms. The highest BCUT2D eigenvalue weighted by Crippen LogP contribution is 2.26. The van der Waals surface area contributed by atoms with Gasteiger partial charge < -0.3 is 9.30 Å². The van der Waals surface area contributed by atoms with Crippen LogP contribution in [0, 0.1) is 0 Å².